The van der Waals surface area contributed by atoms with Crippen molar-refractivity contribution in [1.82, 2.24) is 29.6 Å². The van der Waals surface area contributed by atoms with E-state index in [4.69, 9.17) is 0 Å². The average Bonchev–Trinajstić information content (AvgIpc) is 3.80. The van der Waals surface area contributed by atoms with Crippen LogP contribution in [0, 0.1) is 26.7 Å². The summed E-state index contributed by atoms with van der Waals surface area (Å²) in [7, 11) is 16.2. The Hall–Kier alpha value is -3.17. The molecule has 43 heavy (non-hydrogen) atoms. The first-order chi connectivity index (χ1) is 20.2. The zero-order valence-electron chi connectivity index (χ0n) is 23.0. The van der Waals surface area contributed by atoms with Crippen molar-refractivity contribution in [2.45, 2.75) is 7.43 Å². The molecule has 2 aromatic rings. The molecule has 4 aliphatic heterocycles. The van der Waals surface area contributed by atoms with E-state index in [1.54, 1.807) is 12.1 Å². The van der Waals surface area contributed by atoms with E-state index < -0.39 is 0 Å². The number of hydrogen-bond acceptors (Lipinski definition) is 12. The summed E-state index contributed by atoms with van der Waals surface area (Å²) in [5.74, 6) is 2.69. The fraction of sp³-hybridized carbons (Fsp3) is 0.185. The Bertz CT molecular complexity index is 1120. The summed E-state index contributed by atoms with van der Waals surface area (Å²) in [5, 5.41) is 21.6. The van der Waals surface area contributed by atoms with Crippen molar-refractivity contribution in [1.29, 1.82) is 0 Å². The van der Waals surface area contributed by atoms with Crippen LogP contribution in [0.1, 0.15) is 7.43 Å². The fourth-order valence-electron chi connectivity index (χ4n) is 3.84. The third-order valence-corrected chi connectivity index (χ3v) is 5.69. The molecule has 4 aliphatic rings. The van der Waals surface area contributed by atoms with Gasteiger partial charge in [0.1, 0.15) is 29.0 Å². The zero-order valence-corrected chi connectivity index (χ0v) is 26.4. The van der Waals surface area contributed by atoms with Gasteiger partial charge in [-0.1, -0.05) is 7.43 Å². The minimum atomic E-state index is -0.0623. The van der Waals surface area contributed by atoms with Crippen LogP contribution in [0.2, 0.25) is 0 Å². The molecule has 0 fully saturated rings. The summed E-state index contributed by atoms with van der Waals surface area (Å²) in [6, 6.07) is 6.31. The molecule has 242 valence electrons. The molecule has 0 bridgehead atoms. The molecule has 2 aromatic heterocycles. The van der Waals surface area contributed by atoms with Crippen LogP contribution in [0.3, 0.4) is 0 Å². The quantitative estimate of drug-likeness (QED) is 0.361. The molecular formula is C27H33Cl2N10Ni2O2-5. The Kier molecular flexibility index (Phi) is 14.4. The topological polar surface area (TPSA) is 95.0 Å². The standard InChI is InChI=1S/2C13H15N5O.CH4.2ClH.2Ni/c2*1-15-3-5-17(9-15)12-7-11(19)8-13(14-12)18-6-4-16(2)10-18;;;;;/h2*3-10H,1-2H3,(H,14,19);1H4;2*1H;;/q2*-2;;;;2*+1/p-3. The van der Waals surface area contributed by atoms with E-state index >= 15 is 0 Å². The molecule has 0 aromatic carbocycles. The first-order valence-corrected chi connectivity index (χ1v) is 14.7. The van der Waals surface area contributed by atoms with E-state index in [9.17, 15) is 10.2 Å². The number of anilines is 4. The van der Waals surface area contributed by atoms with Crippen LogP contribution in [0.25, 0.3) is 0 Å². The van der Waals surface area contributed by atoms with Gasteiger partial charge in [-0.2, -0.15) is 0 Å². The normalized spacial score (nSPS) is 16.2. The second kappa shape index (κ2) is 17.2. The van der Waals surface area contributed by atoms with E-state index in [1.807, 2.05) is 144 Å². The number of hydrogen-bond donors (Lipinski definition) is 1. The van der Waals surface area contributed by atoms with Gasteiger partial charge in [-0.15, -0.1) is 32.4 Å². The van der Waals surface area contributed by atoms with Gasteiger partial charge < -0.3 is 49.4 Å². The van der Waals surface area contributed by atoms with Crippen LogP contribution in [0.5, 0.6) is 11.5 Å². The Labute approximate surface area is 278 Å². The Morgan fingerprint density at radius 1 is 0.558 bits per heavy atom. The third-order valence-electron chi connectivity index (χ3n) is 5.69. The van der Waals surface area contributed by atoms with Crippen molar-refractivity contribution >= 4 is 43.7 Å². The van der Waals surface area contributed by atoms with Crippen LogP contribution in [-0.4, -0.2) is 62.9 Å². The van der Waals surface area contributed by atoms with Gasteiger partial charge in [-0.25, -0.2) is 9.97 Å². The molecule has 0 amide bonds. The van der Waals surface area contributed by atoms with Gasteiger partial charge >= 0.3 is 49.5 Å². The second-order valence-corrected chi connectivity index (χ2v) is 9.01. The first kappa shape index (κ1) is 36.0. The van der Waals surface area contributed by atoms with Gasteiger partial charge in [0.25, 0.3) is 0 Å². The number of pyridine rings is 2. The molecule has 6 rings (SSSR count). The Morgan fingerprint density at radius 2 is 0.814 bits per heavy atom. The van der Waals surface area contributed by atoms with Crippen LogP contribution < -0.4 is 24.7 Å². The summed E-state index contributed by atoms with van der Waals surface area (Å²) in [6.45, 7) is 7.50. The van der Waals surface area contributed by atoms with Crippen molar-refractivity contribution in [3.63, 3.8) is 0 Å². The maximum absolute atomic E-state index is 11.8. The summed E-state index contributed by atoms with van der Waals surface area (Å²) >= 11 is 6.69. The molecule has 6 heterocycles. The van der Waals surface area contributed by atoms with E-state index in [0.717, 1.165) is 0 Å². The molecule has 1 N–H and O–H groups in total. The predicted molar refractivity (Wildman–Crippen MR) is 163 cm³/mol. The molecular weight excluding hydrogens is 685 g/mol. The van der Waals surface area contributed by atoms with E-state index in [0.29, 0.717) is 23.3 Å². The van der Waals surface area contributed by atoms with Gasteiger partial charge in [0, 0.05) is 12.1 Å². The molecule has 0 saturated heterocycles. The van der Waals surface area contributed by atoms with Crippen molar-refractivity contribution in [3.05, 3.63) is 101 Å². The van der Waals surface area contributed by atoms with Crippen LogP contribution in [0.15, 0.2) is 73.9 Å². The SMILES string of the molecule is C.CN1C=CN(c2cc(O)cc(N3C=CN(C)[CH-]3)n2)[CH-]1.CN1C=CN(c2cc([O-])cc(N3C=CN(C)[CH-]3)n2)[CH-]1.[Cl][Ni].[Cl][Ni]. The molecule has 0 spiro atoms. The molecule has 0 atom stereocenters. The number of aromatic nitrogens is 2. The number of aromatic hydroxyl groups is 1. The Balaban J connectivity index is 0.000000264. The van der Waals surface area contributed by atoms with Gasteiger partial charge in [0.05, 0.1) is 0 Å². The number of rotatable bonds is 4. The fourth-order valence-corrected chi connectivity index (χ4v) is 3.84. The van der Waals surface area contributed by atoms with Gasteiger partial charge in [0.15, 0.2) is 0 Å². The Morgan fingerprint density at radius 3 is 1.05 bits per heavy atom. The minimum absolute atomic E-state index is 0. The summed E-state index contributed by atoms with van der Waals surface area (Å²) in [5.41, 5.74) is 0. The predicted octanol–water partition coefficient (Wildman–Crippen LogP) is 4.32. The van der Waals surface area contributed by atoms with Crippen LogP contribution >= 0.6 is 20.4 Å². The van der Waals surface area contributed by atoms with Crippen LogP contribution in [0.4, 0.5) is 23.3 Å². The molecule has 0 aliphatic carbocycles. The van der Waals surface area contributed by atoms with Crippen LogP contribution in [-0.2, 0) is 29.1 Å². The van der Waals surface area contributed by atoms with E-state index in [2.05, 4.69) is 59.5 Å². The molecule has 12 nitrogen and oxygen atoms in total. The summed E-state index contributed by atoms with van der Waals surface area (Å²) in [6.07, 6.45) is 15.1. The molecule has 16 heteroatoms. The maximum atomic E-state index is 11.8. The number of nitrogens with zero attached hydrogens (tertiary/aromatic N) is 10. The van der Waals surface area contributed by atoms with Crippen molar-refractivity contribution in [3.8, 4) is 11.5 Å². The van der Waals surface area contributed by atoms with Crippen molar-refractivity contribution in [2.24, 2.45) is 0 Å². The average molecular weight is 718 g/mol. The summed E-state index contributed by atoms with van der Waals surface area (Å²) < 4.78 is 0. The summed E-state index contributed by atoms with van der Waals surface area (Å²) in [4.78, 5) is 24.0. The molecule has 0 radical (unpaired) electrons. The molecule has 0 unspecified atom stereocenters. The van der Waals surface area contributed by atoms with Gasteiger partial charge in [-0.05, 0) is 89.9 Å². The van der Waals surface area contributed by atoms with Crippen molar-refractivity contribution in [2.75, 3.05) is 47.8 Å². The van der Waals surface area contributed by atoms with E-state index in [-0.39, 0.29) is 18.9 Å². The zero-order chi connectivity index (χ0) is 30.8. The first-order valence-electron chi connectivity index (χ1n) is 12.0. The van der Waals surface area contributed by atoms with Gasteiger partial charge in [0.2, 0.25) is 0 Å². The van der Waals surface area contributed by atoms with E-state index in [1.165, 1.54) is 12.1 Å². The van der Waals surface area contributed by atoms with Gasteiger partial charge in [-0.3, -0.25) is 0 Å². The third kappa shape index (κ3) is 9.93. The molecule has 0 saturated carbocycles. The second-order valence-electron chi connectivity index (χ2n) is 9.01. The number of halogens is 2. The van der Waals surface area contributed by atoms with Crippen molar-refractivity contribution < 1.29 is 39.4 Å². The monoisotopic (exact) mass is 715 g/mol.